The van der Waals surface area contributed by atoms with Crippen LogP contribution < -0.4 is 21.1 Å². The fourth-order valence-electron chi connectivity index (χ4n) is 2.62. The van der Waals surface area contributed by atoms with Gasteiger partial charge in [0.15, 0.2) is 0 Å². The second-order valence-electron chi connectivity index (χ2n) is 6.48. The van der Waals surface area contributed by atoms with E-state index in [0.717, 1.165) is 12.0 Å². The van der Waals surface area contributed by atoms with E-state index in [2.05, 4.69) is 10.6 Å². The number of anilines is 1. The molecule has 4 N–H and O–H groups in total. The molecule has 0 aromatic heterocycles. The quantitative estimate of drug-likeness (QED) is 0.582. The number of hydrogen-bond donors (Lipinski definition) is 3. The summed E-state index contributed by atoms with van der Waals surface area (Å²) in [7, 11) is 1.55. The summed E-state index contributed by atoms with van der Waals surface area (Å²) < 4.78 is 5.23. The van der Waals surface area contributed by atoms with Gasteiger partial charge in [0.05, 0.1) is 18.8 Å². The van der Waals surface area contributed by atoms with Crippen molar-refractivity contribution in [2.75, 3.05) is 12.4 Å². The highest BCUT2D eigenvalue weighted by Gasteiger charge is 2.13. The molecule has 6 nitrogen and oxygen atoms in total. The first-order valence-corrected chi connectivity index (χ1v) is 9.21. The highest BCUT2D eigenvalue weighted by atomic mass is 16.5. The van der Waals surface area contributed by atoms with Crippen LogP contribution in [0.5, 0.6) is 5.75 Å². The third-order valence-corrected chi connectivity index (χ3v) is 4.17. The van der Waals surface area contributed by atoms with Gasteiger partial charge in [-0.15, -0.1) is 0 Å². The van der Waals surface area contributed by atoms with Gasteiger partial charge in [0.2, 0.25) is 11.8 Å². The summed E-state index contributed by atoms with van der Waals surface area (Å²) in [6, 6.07) is 16.2. The zero-order chi connectivity index (χ0) is 20.4. The van der Waals surface area contributed by atoms with Crippen molar-refractivity contribution in [1.82, 2.24) is 5.32 Å². The number of rotatable bonds is 9. The average Bonchev–Trinajstić information content (AvgIpc) is 2.71. The van der Waals surface area contributed by atoms with Crippen LogP contribution >= 0.6 is 0 Å². The Morgan fingerprint density at radius 1 is 1.11 bits per heavy atom. The number of nitrogens with two attached hydrogens (primary N) is 1. The van der Waals surface area contributed by atoms with Crippen LogP contribution in [0.1, 0.15) is 18.9 Å². The lowest BCUT2D eigenvalue weighted by atomic mass is 10.0. The number of benzene rings is 2. The molecule has 0 saturated heterocycles. The normalized spacial score (nSPS) is 13.0. The SMILES string of the molecule is COc1ccccc1NC(=O)C=C[C@H](CCc1ccccc1)NC(=O)[C@H](C)N. The van der Waals surface area contributed by atoms with Crippen LogP contribution in [0, 0.1) is 0 Å². The summed E-state index contributed by atoms with van der Waals surface area (Å²) in [4.78, 5) is 24.3. The van der Waals surface area contributed by atoms with E-state index < -0.39 is 6.04 Å². The van der Waals surface area contributed by atoms with E-state index in [1.807, 2.05) is 42.5 Å². The predicted molar refractivity (Wildman–Crippen MR) is 111 cm³/mol. The Balaban J connectivity index is 2.02. The highest BCUT2D eigenvalue weighted by molar-refractivity contribution is 6.00. The van der Waals surface area contributed by atoms with E-state index in [-0.39, 0.29) is 17.9 Å². The summed E-state index contributed by atoms with van der Waals surface area (Å²) in [5.74, 6) is 0.0206. The van der Waals surface area contributed by atoms with Crippen molar-refractivity contribution in [2.24, 2.45) is 5.73 Å². The third-order valence-electron chi connectivity index (χ3n) is 4.17. The van der Waals surface area contributed by atoms with E-state index in [1.165, 1.54) is 6.08 Å². The zero-order valence-electron chi connectivity index (χ0n) is 16.2. The molecule has 2 amide bonds. The topological polar surface area (TPSA) is 93.5 Å². The lowest BCUT2D eigenvalue weighted by Crippen LogP contribution is -2.43. The number of nitrogens with one attached hydrogen (secondary N) is 2. The molecule has 0 fully saturated rings. The Labute approximate surface area is 165 Å². The number of carbonyl (C=O) groups excluding carboxylic acids is 2. The highest BCUT2D eigenvalue weighted by Crippen LogP contribution is 2.22. The molecule has 28 heavy (non-hydrogen) atoms. The maximum absolute atomic E-state index is 12.3. The molecule has 6 heteroatoms. The lowest BCUT2D eigenvalue weighted by molar-refractivity contribution is -0.122. The summed E-state index contributed by atoms with van der Waals surface area (Å²) >= 11 is 0. The molecule has 0 bridgehead atoms. The molecular weight excluding hydrogens is 354 g/mol. The van der Waals surface area contributed by atoms with E-state index in [0.29, 0.717) is 17.9 Å². The number of aryl methyl sites for hydroxylation is 1. The molecule has 2 aromatic carbocycles. The van der Waals surface area contributed by atoms with Crippen LogP contribution in [0.25, 0.3) is 0 Å². The molecule has 0 radical (unpaired) electrons. The van der Waals surface area contributed by atoms with E-state index in [4.69, 9.17) is 10.5 Å². The maximum atomic E-state index is 12.3. The van der Waals surface area contributed by atoms with E-state index in [9.17, 15) is 9.59 Å². The Morgan fingerprint density at radius 2 is 1.79 bits per heavy atom. The van der Waals surface area contributed by atoms with Crippen molar-refractivity contribution in [3.8, 4) is 5.75 Å². The molecule has 0 aliphatic rings. The number of methoxy groups -OCH3 is 1. The van der Waals surface area contributed by atoms with Crippen LogP contribution in [0.2, 0.25) is 0 Å². The van der Waals surface area contributed by atoms with Crippen molar-refractivity contribution in [1.29, 1.82) is 0 Å². The van der Waals surface area contributed by atoms with Gasteiger partial charge in [-0.1, -0.05) is 48.5 Å². The second kappa shape index (κ2) is 10.9. The monoisotopic (exact) mass is 381 g/mol. The molecular formula is C22H27N3O3. The Kier molecular flexibility index (Phi) is 8.24. The first-order valence-electron chi connectivity index (χ1n) is 9.21. The Hall–Kier alpha value is -3.12. The number of amides is 2. The molecule has 0 aliphatic carbocycles. The van der Waals surface area contributed by atoms with Gasteiger partial charge in [0.25, 0.3) is 0 Å². The number of hydrogen-bond acceptors (Lipinski definition) is 4. The lowest BCUT2D eigenvalue weighted by Gasteiger charge is -2.17. The van der Waals surface area contributed by atoms with Gasteiger partial charge in [-0.05, 0) is 37.5 Å². The molecule has 0 aliphatic heterocycles. The zero-order valence-corrected chi connectivity index (χ0v) is 16.2. The fourth-order valence-corrected chi connectivity index (χ4v) is 2.62. The Morgan fingerprint density at radius 3 is 2.46 bits per heavy atom. The van der Waals surface area contributed by atoms with Crippen molar-refractivity contribution >= 4 is 17.5 Å². The molecule has 2 rings (SSSR count). The molecule has 148 valence electrons. The van der Waals surface area contributed by atoms with Crippen LogP contribution in [0.3, 0.4) is 0 Å². The van der Waals surface area contributed by atoms with Gasteiger partial charge >= 0.3 is 0 Å². The van der Waals surface area contributed by atoms with E-state index >= 15 is 0 Å². The van der Waals surface area contributed by atoms with Gasteiger partial charge in [-0.3, -0.25) is 9.59 Å². The molecule has 0 unspecified atom stereocenters. The predicted octanol–water partition coefficient (Wildman–Crippen LogP) is 2.65. The molecule has 0 heterocycles. The van der Waals surface area contributed by atoms with Crippen LogP contribution in [-0.4, -0.2) is 31.0 Å². The maximum Gasteiger partial charge on any atom is 0.248 e. The smallest absolute Gasteiger partial charge is 0.248 e. The van der Waals surface area contributed by atoms with Crippen LogP contribution in [-0.2, 0) is 16.0 Å². The summed E-state index contributed by atoms with van der Waals surface area (Å²) in [5, 5.41) is 5.65. The largest absolute Gasteiger partial charge is 0.495 e. The first kappa shape index (κ1) is 21.2. The summed E-state index contributed by atoms with van der Waals surface area (Å²) in [5.41, 5.74) is 7.40. The van der Waals surface area contributed by atoms with Crippen molar-refractivity contribution in [2.45, 2.75) is 31.8 Å². The van der Waals surface area contributed by atoms with Gasteiger partial charge in [-0.2, -0.15) is 0 Å². The third kappa shape index (κ3) is 6.89. The minimum Gasteiger partial charge on any atom is -0.495 e. The molecule has 0 spiro atoms. The van der Waals surface area contributed by atoms with Gasteiger partial charge in [-0.25, -0.2) is 0 Å². The fraction of sp³-hybridized carbons (Fsp3) is 0.273. The molecule has 2 aromatic rings. The second-order valence-corrected chi connectivity index (χ2v) is 6.48. The average molecular weight is 381 g/mol. The minimum absolute atomic E-state index is 0.257. The van der Waals surface area contributed by atoms with Crippen molar-refractivity contribution < 1.29 is 14.3 Å². The summed E-state index contributed by atoms with van der Waals surface area (Å²) in [6.07, 6.45) is 4.53. The number of para-hydroxylation sites is 2. The van der Waals surface area contributed by atoms with Crippen molar-refractivity contribution in [3.05, 3.63) is 72.3 Å². The number of carbonyl (C=O) groups is 2. The summed E-state index contributed by atoms with van der Waals surface area (Å²) in [6.45, 7) is 1.63. The standard InChI is InChI=1S/C22H27N3O3/c1-16(23)22(27)24-18(13-12-17-8-4-3-5-9-17)14-15-21(26)25-19-10-6-7-11-20(19)28-2/h3-11,14-16,18H,12-13,23H2,1-2H3,(H,24,27)(H,25,26)/t16-,18-/m0/s1. The minimum atomic E-state index is -0.616. The van der Waals surface area contributed by atoms with E-state index in [1.54, 1.807) is 32.2 Å². The molecule has 0 saturated carbocycles. The van der Waals surface area contributed by atoms with Crippen molar-refractivity contribution in [3.63, 3.8) is 0 Å². The number of ether oxygens (including phenoxy) is 1. The van der Waals surface area contributed by atoms with Gasteiger partial charge in [0, 0.05) is 12.1 Å². The van der Waals surface area contributed by atoms with Crippen LogP contribution in [0.15, 0.2) is 66.7 Å². The van der Waals surface area contributed by atoms with Gasteiger partial charge in [0.1, 0.15) is 5.75 Å². The van der Waals surface area contributed by atoms with Gasteiger partial charge < -0.3 is 21.1 Å². The molecule has 2 atom stereocenters. The van der Waals surface area contributed by atoms with Crippen LogP contribution in [0.4, 0.5) is 5.69 Å². The first-order chi connectivity index (χ1) is 13.5. The Bertz CT molecular complexity index is 804.